The second-order valence-corrected chi connectivity index (χ2v) is 7.68. The van der Waals surface area contributed by atoms with E-state index >= 15 is 0 Å². The summed E-state index contributed by atoms with van der Waals surface area (Å²) in [5.41, 5.74) is 0. The molecule has 0 saturated carbocycles. The van der Waals surface area contributed by atoms with Gasteiger partial charge in [0.05, 0.1) is 6.61 Å². The maximum atomic E-state index is 11.4. The summed E-state index contributed by atoms with van der Waals surface area (Å²) < 4.78 is 21.3. The molecule has 0 spiro atoms. The Kier molecular flexibility index (Phi) is 6.75. The molecule has 3 heterocycles. The Morgan fingerprint density at radius 1 is 0.880 bits per heavy atom. The summed E-state index contributed by atoms with van der Waals surface area (Å²) in [7, 11) is 0. The van der Waals surface area contributed by atoms with E-state index in [9.17, 15) is 4.79 Å². The maximum absolute atomic E-state index is 11.4. The fourth-order valence-electron chi connectivity index (χ4n) is 3.69. The van der Waals surface area contributed by atoms with Crippen LogP contribution in [-0.4, -0.2) is 30.4 Å². The molecule has 3 saturated heterocycles. The quantitative estimate of drug-likeness (QED) is 0.226. The van der Waals surface area contributed by atoms with Crippen molar-refractivity contribution < 1.29 is 23.7 Å². The van der Waals surface area contributed by atoms with Gasteiger partial charge in [-0.3, -0.25) is 14.3 Å². The number of carbonyl (C=O) groups excluding carboxylic acids is 1. The third-order valence-corrected chi connectivity index (χ3v) is 5.49. The molecule has 0 bridgehead atoms. The van der Waals surface area contributed by atoms with E-state index in [1.54, 1.807) is 0 Å². The predicted molar refractivity (Wildman–Crippen MR) is 93.8 cm³/mol. The zero-order valence-electron chi connectivity index (χ0n) is 15.7. The lowest BCUT2D eigenvalue weighted by atomic mass is 10.0. The summed E-state index contributed by atoms with van der Waals surface area (Å²) in [4.78, 5) is 11.4. The van der Waals surface area contributed by atoms with Crippen LogP contribution in [-0.2, 0) is 23.7 Å². The van der Waals surface area contributed by atoms with Crippen LogP contribution >= 0.6 is 0 Å². The van der Waals surface area contributed by atoms with Crippen LogP contribution in [0.2, 0.25) is 0 Å². The van der Waals surface area contributed by atoms with Crippen LogP contribution in [0, 0.1) is 0 Å². The van der Waals surface area contributed by atoms with Gasteiger partial charge in [-0.15, -0.1) is 0 Å². The number of ether oxygens (including phenoxy) is 4. The van der Waals surface area contributed by atoms with Crippen LogP contribution in [0.15, 0.2) is 0 Å². The standard InChI is InChI=1S/C20H34O5/c1-2-3-16-22-18(21)15-13-11-9-7-5-4-6-8-10-12-14-17-19-20(23-17,24-19)25-19/h17H,2-16H2,1H3. The zero-order valence-corrected chi connectivity index (χ0v) is 15.7. The molecule has 25 heavy (non-hydrogen) atoms. The van der Waals surface area contributed by atoms with E-state index in [1.165, 1.54) is 51.4 Å². The van der Waals surface area contributed by atoms with Gasteiger partial charge in [0, 0.05) is 6.42 Å². The minimum atomic E-state index is -0.535. The molecule has 0 aliphatic carbocycles. The van der Waals surface area contributed by atoms with E-state index in [4.69, 9.17) is 18.9 Å². The van der Waals surface area contributed by atoms with Crippen LogP contribution in [0.4, 0.5) is 0 Å². The van der Waals surface area contributed by atoms with E-state index in [-0.39, 0.29) is 17.9 Å². The van der Waals surface area contributed by atoms with E-state index < -0.39 is 5.97 Å². The Balaban J connectivity index is 0.998. The normalized spacial score (nSPS) is 31.0. The van der Waals surface area contributed by atoms with Gasteiger partial charge < -0.3 is 9.47 Å². The first-order valence-corrected chi connectivity index (χ1v) is 10.5. The Morgan fingerprint density at radius 2 is 1.48 bits per heavy atom. The van der Waals surface area contributed by atoms with Crippen molar-refractivity contribution in [2.24, 2.45) is 0 Å². The lowest BCUT2D eigenvalue weighted by Gasteiger charge is -2.15. The van der Waals surface area contributed by atoms with Crippen LogP contribution in [0.5, 0.6) is 0 Å². The number of unbranched alkanes of at least 4 members (excludes halogenated alkanes) is 10. The summed E-state index contributed by atoms with van der Waals surface area (Å²) in [6.07, 6.45) is 16.4. The average Bonchev–Trinajstić information content (AvgIpc) is 3.30. The Bertz CT molecular complexity index is 430. The first-order chi connectivity index (χ1) is 12.2. The molecule has 0 aromatic heterocycles. The van der Waals surface area contributed by atoms with Gasteiger partial charge in [-0.05, 0) is 19.3 Å². The largest absolute Gasteiger partial charge is 0.466 e. The van der Waals surface area contributed by atoms with Crippen LogP contribution in [0.25, 0.3) is 0 Å². The van der Waals surface area contributed by atoms with Gasteiger partial charge in [0.15, 0.2) is 0 Å². The molecule has 3 aliphatic rings. The minimum Gasteiger partial charge on any atom is -0.466 e. The van der Waals surface area contributed by atoms with Crippen molar-refractivity contribution in [2.45, 2.75) is 115 Å². The summed E-state index contributed by atoms with van der Waals surface area (Å²) in [6, 6.07) is 0. The van der Waals surface area contributed by atoms with Gasteiger partial charge in [-0.25, -0.2) is 0 Å². The molecular weight excluding hydrogens is 320 g/mol. The number of esters is 1. The number of carbonyl (C=O) groups is 1. The van der Waals surface area contributed by atoms with Crippen molar-refractivity contribution in [3.05, 3.63) is 0 Å². The fraction of sp³-hybridized carbons (Fsp3) is 0.950. The van der Waals surface area contributed by atoms with Crippen molar-refractivity contribution in [3.63, 3.8) is 0 Å². The van der Waals surface area contributed by atoms with Gasteiger partial charge in [0.1, 0.15) is 6.10 Å². The summed E-state index contributed by atoms with van der Waals surface area (Å²) in [5.74, 6) is -0.820. The van der Waals surface area contributed by atoms with Crippen molar-refractivity contribution in [3.8, 4) is 0 Å². The van der Waals surface area contributed by atoms with Crippen molar-refractivity contribution in [1.29, 1.82) is 0 Å². The molecule has 0 N–H and O–H groups in total. The number of rotatable bonds is 16. The molecule has 3 fully saturated rings. The predicted octanol–water partition coefficient (Wildman–Crippen LogP) is 4.82. The third kappa shape index (κ3) is 4.75. The second-order valence-electron chi connectivity index (χ2n) is 7.68. The molecular formula is C20H34O5. The monoisotopic (exact) mass is 354 g/mol. The van der Waals surface area contributed by atoms with Crippen molar-refractivity contribution in [2.75, 3.05) is 6.61 Å². The Morgan fingerprint density at radius 3 is 2.00 bits per heavy atom. The highest BCUT2D eigenvalue weighted by atomic mass is 17.2. The topological polar surface area (TPSA) is 60.6 Å². The van der Waals surface area contributed by atoms with E-state index in [1.807, 2.05) is 0 Å². The van der Waals surface area contributed by atoms with Gasteiger partial charge in [-0.1, -0.05) is 71.1 Å². The van der Waals surface area contributed by atoms with Gasteiger partial charge in [0.2, 0.25) is 0 Å². The third-order valence-electron chi connectivity index (χ3n) is 5.49. The SMILES string of the molecule is CCCCOC(=O)CCCCCCCCCCCCC1OC23OC12O3. The minimum absolute atomic E-state index is 0.0208. The highest BCUT2D eigenvalue weighted by molar-refractivity contribution is 5.69. The second kappa shape index (κ2) is 8.83. The molecule has 1 unspecified atom stereocenters. The molecule has 5 nitrogen and oxygen atoms in total. The smallest absolute Gasteiger partial charge is 0.349 e. The van der Waals surface area contributed by atoms with E-state index in [0.717, 1.165) is 32.1 Å². The summed E-state index contributed by atoms with van der Waals surface area (Å²) in [5, 5.41) is 0. The molecule has 144 valence electrons. The number of hydrogen-bond acceptors (Lipinski definition) is 5. The van der Waals surface area contributed by atoms with Crippen LogP contribution in [0.1, 0.15) is 96.8 Å². The molecule has 0 radical (unpaired) electrons. The zero-order chi connectivity index (χ0) is 17.6. The lowest BCUT2D eigenvalue weighted by molar-refractivity contribution is -0.144. The van der Waals surface area contributed by atoms with E-state index in [2.05, 4.69) is 6.92 Å². The molecule has 0 aromatic carbocycles. The molecule has 3 aliphatic heterocycles. The highest BCUT2D eigenvalue weighted by Crippen LogP contribution is 2.79. The maximum Gasteiger partial charge on any atom is 0.349 e. The summed E-state index contributed by atoms with van der Waals surface area (Å²) >= 11 is 0. The van der Waals surface area contributed by atoms with Gasteiger partial charge in [-0.2, -0.15) is 0 Å². The van der Waals surface area contributed by atoms with Crippen molar-refractivity contribution >= 4 is 5.97 Å². The first-order valence-electron chi connectivity index (χ1n) is 10.5. The van der Waals surface area contributed by atoms with Crippen molar-refractivity contribution in [1.82, 2.24) is 0 Å². The molecule has 0 amide bonds. The Hall–Kier alpha value is -0.650. The number of hydrogen-bond donors (Lipinski definition) is 0. The average molecular weight is 354 g/mol. The molecule has 3 rings (SSSR count). The van der Waals surface area contributed by atoms with Crippen LogP contribution in [0.3, 0.4) is 0 Å². The fourth-order valence-corrected chi connectivity index (χ4v) is 3.69. The first kappa shape index (κ1) is 19.1. The molecule has 5 heteroatoms. The lowest BCUT2D eigenvalue weighted by Crippen LogP contribution is -2.33. The van der Waals surface area contributed by atoms with Crippen LogP contribution < -0.4 is 0 Å². The number of epoxide rings is 2. The highest BCUT2D eigenvalue weighted by Gasteiger charge is 3.05. The molecule has 1 atom stereocenters. The summed E-state index contributed by atoms with van der Waals surface area (Å²) in [6.45, 7) is 2.69. The Labute approximate surface area is 151 Å². The molecule has 0 aromatic rings. The van der Waals surface area contributed by atoms with E-state index in [0.29, 0.717) is 13.0 Å². The van der Waals surface area contributed by atoms with Gasteiger partial charge >= 0.3 is 11.9 Å². The van der Waals surface area contributed by atoms with Gasteiger partial charge in [0.25, 0.3) is 5.79 Å².